The molecule has 2 unspecified atom stereocenters. The molecule has 0 aromatic heterocycles. The molecule has 0 aromatic carbocycles. The Hall–Kier alpha value is -0.120. The maximum Gasteiger partial charge on any atom is 0.0699 e. The van der Waals surface area contributed by atoms with Crippen molar-refractivity contribution in [1.29, 1.82) is 0 Å². The van der Waals surface area contributed by atoms with Crippen molar-refractivity contribution in [1.82, 2.24) is 5.32 Å². The van der Waals surface area contributed by atoms with Crippen molar-refractivity contribution in [3.05, 3.63) is 0 Å². The van der Waals surface area contributed by atoms with Crippen molar-refractivity contribution in [2.24, 2.45) is 5.73 Å². The van der Waals surface area contributed by atoms with Gasteiger partial charge in [0.05, 0.1) is 6.10 Å². The van der Waals surface area contributed by atoms with Gasteiger partial charge in [-0.3, -0.25) is 0 Å². The SMILES string of the molecule is CC(CCN)NCC1CCCCO1. The van der Waals surface area contributed by atoms with Crippen molar-refractivity contribution in [2.75, 3.05) is 19.7 Å². The van der Waals surface area contributed by atoms with Crippen LogP contribution in [0.3, 0.4) is 0 Å². The molecule has 0 aliphatic carbocycles. The van der Waals surface area contributed by atoms with Gasteiger partial charge in [0.2, 0.25) is 0 Å². The Morgan fingerprint density at radius 3 is 3.00 bits per heavy atom. The predicted octanol–water partition coefficient (Wildman–Crippen LogP) is 0.882. The Kier molecular flexibility index (Phi) is 5.35. The molecule has 0 spiro atoms. The van der Waals surface area contributed by atoms with E-state index < -0.39 is 0 Å². The molecule has 1 aliphatic heterocycles. The lowest BCUT2D eigenvalue weighted by atomic mass is 10.1. The fourth-order valence-corrected chi connectivity index (χ4v) is 1.65. The highest BCUT2D eigenvalue weighted by molar-refractivity contribution is 4.69. The van der Waals surface area contributed by atoms with Crippen LogP contribution in [0, 0.1) is 0 Å². The van der Waals surface area contributed by atoms with Gasteiger partial charge in [0.1, 0.15) is 0 Å². The molecule has 1 saturated heterocycles. The van der Waals surface area contributed by atoms with E-state index in [1.54, 1.807) is 0 Å². The average molecular weight is 186 g/mol. The Morgan fingerprint density at radius 2 is 2.38 bits per heavy atom. The summed E-state index contributed by atoms with van der Waals surface area (Å²) >= 11 is 0. The number of nitrogens with two attached hydrogens (primary N) is 1. The zero-order valence-electron chi connectivity index (χ0n) is 8.59. The standard InChI is InChI=1S/C10H22N2O/c1-9(5-6-11)12-8-10-4-2-3-7-13-10/h9-10,12H,2-8,11H2,1H3. The van der Waals surface area contributed by atoms with Gasteiger partial charge in [0.25, 0.3) is 0 Å². The van der Waals surface area contributed by atoms with E-state index in [1.165, 1.54) is 19.3 Å². The van der Waals surface area contributed by atoms with Gasteiger partial charge in [-0.1, -0.05) is 0 Å². The zero-order chi connectivity index (χ0) is 9.52. The Balaban J connectivity index is 2.03. The lowest BCUT2D eigenvalue weighted by molar-refractivity contribution is 0.0156. The van der Waals surface area contributed by atoms with Gasteiger partial charge in [-0.25, -0.2) is 0 Å². The second-order valence-electron chi connectivity index (χ2n) is 3.88. The third-order valence-corrected chi connectivity index (χ3v) is 2.57. The fourth-order valence-electron chi connectivity index (χ4n) is 1.65. The van der Waals surface area contributed by atoms with E-state index in [9.17, 15) is 0 Å². The zero-order valence-corrected chi connectivity index (χ0v) is 8.59. The van der Waals surface area contributed by atoms with Gasteiger partial charge >= 0.3 is 0 Å². The molecule has 3 N–H and O–H groups in total. The first-order valence-corrected chi connectivity index (χ1v) is 5.38. The Morgan fingerprint density at radius 1 is 1.54 bits per heavy atom. The first kappa shape index (κ1) is 11.0. The van der Waals surface area contributed by atoms with Gasteiger partial charge in [-0.05, 0) is 39.2 Å². The molecule has 3 heteroatoms. The van der Waals surface area contributed by atoms with Crippen molar-refractivity contribution in [3.8, 4) is 0 Å². The van der Waals surface area contributed by atoms with E-state index in [4.69, 9.17) is 10.5 Å². The van der Waals surface area contributed by atoms with E-state index >= 15 is 0 Å². The lowest BCUT2D eigenvalue weighted by Gasteiger charge is -2.24. The van der Waals surface area contributed by atoms with Crippen LogP contribution in [-0.2, 0) is 4.74 Å². The summed E-state index contributed by atoms with van der Waals surface area (Å²) in [5, 5.41) is 3.45. The maximum atomic E-state index is 5.61. The van der Waals surface area contributed by atoms with Gasteiger partial charge in [-0.2, -0.15) is 0 Å². The summed E-state index contributed by atoms with van der Waals surface area (Å²) in [6, 6.07) is 0.524. The molecule has 1 aliphatic rings. The minimum atomic E-state index is 0.439. The number of hydrogen-bond acceptors (Lipinski definition) is 3. The summed E-state index contributed by atoms with van der Waals surface area (Å²) in [6.07, 6.45) is 5.25. The van der Waals surface area contributed by atoms with Crippen LogP contribution in [0.1, 0.15) is 32.6 Å². The van der Waals surface area contributed by atoms with Crippen molar-refractivity contribution in [3.63, 3.8) is 0 Å². The summed E-state index contributed by atoms with van der Waals surface area (Å²) in [4.78, 5) is 0. The van der Waals surface area contributed by atoms with Crippen molar-refractivity contribution >= 4 is 0 Å². The van der Waals surface area contributed by atoms with Crippen LogP contribution in [0.25, 0.3) is 0 Å². The van der Waals surface area contributed by atoms with Crippen molar-refractivity contribution in [2.45, 2.75) is 44.8 Å². The minimum absolute atomic E-state index is 0.439. The summed E-state index contributed by atoms with van der Waals surface area (Å²) in [6.45, 7) is 4.87. The van der Waals surface area contributed by atoms with Crippen LogP contribution in [-0.4, -0.2) is 31.8 Å². The average Bonchev–Trinajstić information content (AvgIpc) is 2.17. The number of ether oxygens (including phenoxy) is 1. The number of hydrogen-bond donors (Lipinski definition) is 2. The quantitative estimate of drug-likeness (QED) is 0.670. The number of rotatable bonds is 5. The van der Waals surface area contributed by atoms with E-state index in [1.807, 2.05) is 0 Å². The molecule has 0 aromatic rings. The summed E-state index contributed by atoms with van der Waals surface area (Å²) in [7, 11) is 0. The van der Waals surface area contributed by atoms with Crippen LogP contribution >= 0.6 is 0 Å². The van der Waals surface area contributed by atoms with Crippen LogP contribution in [0.15, 0.2) is 0 Å². The second-order valence-corrected chi connectivity index (χ2v) is 3.88. The molecule has 1 heterocycles. The highest BCUT2D eigenvalue weighted by Crippen LogP contribution is 2.11. The second kappa shape index (κ2) is 6.35. The molecular weight excluding hydrogens is 164 g/mol. The Bertz CT molecular complexity index is 124. The van der Waals surface area contributed by atoms with Gasteiger partial charge in [-0.15, -0.1) is 0 Å². The molecule has 13 heavy (non-hydrogen) atoms. The normalized spacial score (nSPS) is 25.8. The molecule has 1 rings (SSSR count). The smallest absolute Gasteiger partial charge is 0.0699 e. The van der Waals surface area contributed by atoms with E-state index in [0.717, 1.165) is 26.1 Å². The van der Waals surface area contributed by atoms with Crippen molar-refractivity contribution < 1.29 is 4.74 Å². The van der Waals surface area contributed by atoms with Crippen LogP contribution in [0.2, 0.25) is 0 Å². The van der Waals surface area contributed by atoms with Crippen LogP contribution < -0.4 is 11.1 Å². The molecule has 0 bridgehead atoms. The summed E-state index contributed by atoms with van der Waals surface area (Å²) in [5.74, 6) is 0. The molecule has 0 saturated carbocycles. The molecular formula is C10H22N2O. The maximum absolute atomic E-state index is 5.61. The highest BCUT2D eigenvalue weighted by atomic mass is 16.5. The van der Waals surface area contributed by atoms with Crippen LogP contribution in [0.4, 0.5) is 0 Å². The molecule has 3 nitrogen and oxygen atoms in total. The predicted molar refractivity (Wildman–Crippen MR) is 54.7 cm³/mol. The van der Waals surface area contributed by atoms with E-state index in [0.29, 0.717) is 12.1 Å². The third kappa shape index (κ3) is 4.60. The van der Waals surface area contributed by atoms with Gasteiger partial charge < -0.3 is 15.8 Å². The molecule has 78 valence electrons. The Labute approximate surface area is 81.0 Å². The van der Waals surface area contributed by atoms with E-state index in [2.05, 4.69) is 12.2 Å². The molecule has 1 fully saturated rings. The first-order chi connectivity index (χ1) is 6.33. The first-order valence-electron chi connectivity index (χ1n) is 5.38. The van der Waals surface area contributed by atoms with Crippen LogP contribution in [0.5, 0.6) is 0 Å². The van der Waals surface area contributed by atoms with E-state index in [-0.39, 0.29) is 0 Å². The lowest BCUT2D eigenvalue weighted by Crippen LogP contribution is -2.37. The fraction of sp³-hybridized carbons (Fsp3) is 1.00. The summed E-state index contributed by atoms with van der Waals surface area (Å²) in [5.41, 5.74) is 5.47. The van der Waals surface area contributed by atoms with Gasteiger partial charge in [0.15, 0.2) is 0 Å². The van der Waals surface area contributed by atoms with Gasteiger partial charge in [0, 0.05) is 19.2 Å². The molecule has 2 atom stereocenters. The highest BCUT2D eigenvalue weighted by Gasteiger charge is 2.13. The topological polar surface area (TPSA) is 47.3 Å². The molecule has 0 radical (unpaired) electrons. The summed E-state index contributed by atoms with van der Waals surface area (Å²) < 4.78 is 5.61. The minimum Gasteiger partial charge on any atom is -0.377 e. The number of nitrogens with one attached hydrogen (secondary N) is 1. The third-order valence-electron chi connectivity index (χ3n) is 2.57. The monoisotopic (exact) mass is 186 g/mol. The largest absolute Gasteiger partial charge is 0.377 e. The molecule has 0 amide bonds.